The zero-order valence-corrected chi connectivity index (χ0v) is 29.8. The summed E-state index contributed by atoms with van der Waals surface area (Å²) in [5, 5.41) is 9.45. The number of amides is 1. The van der Waals surface area contributed by atoms with E-state index in [1.54, 1.807) is 13.2 Å². The van der Waals surface area contributed by atoms with Gasteiger partial charge in [-0.05, 0) is 80.1 Å². The highest BCUT2D eigenvalue weighted by Crippen LogP contribution is 2.38. The number of hydrogen-bond acceptors (Lipinski definition) is 10. The van der Waals surface area contributed by atoms with Gasteiger partial charge in [0.25, 0.3) is 0 Å². The van der Waals surface area contributed by atoms with Crippen molar-refractivity contribution in [2.45, 2.75) is 71.4 Å². The summed E-state index contributed by atoms with van der Waals surface area (Å²) in [4.78, 5) is 33.6. The number of nitrogens with zero attached hydrogens (tertiary/aromatic N) is 2. The summed E-state index contributed by atoms with van der Waals surface area (Å²) in [7, 11) is 1.61. The largest absolute Gasteiger partial charge is 0.481 e. The molecular weight excluding hydrogens is 684 g/mol. The Kier molecular flexibility index (Phi) is 10.6. The maximum absolute atomic E-state index is 13.4. The monoisotopic (exact) mass is 725 g/mol. The number of methoxy groups -OCH3 is 1. The standard InChI is InChI=1S/C40H41F2N5O6/c1-22-27(7-4-9-29(22)31-14-12-24(37(46-31)50-3)19-43-20-26-13-15-36(48)45-26)28-8-5-10-30(23(28)2)38-47-33-17-25(21-51-39(49)32-11-6-16-44-32)34(53-40(41)42)18-35(33)52-38/h4-5,7-10,12,14,17-18,26,32,40,43-44H,6,11,13,15-16,19-21H2,1-3H3,(H,45,48)/t26?,32-/m0/s1. The van der Waals surface area contributed by atoms with Crippen molar-refractivity contribution in [3.05, 3.63) is 82.9 Å². The SMILES string of the molecule is COc1nc(-c2cccc(-c3cccc(-c4nc5cc(COC(=O)[C@@H]6CCCN6)c(OC(F)F)cc5o4)c3C)c2C)ccc1CNCC1CCC(=O)N1. The van der Waals surface area contributed by atoms with Crippen LogP contribution in [-0.4, -0.2) is 60.7 Å². The van der Waals surface area contributed by atoms with Crippen molar-refractivity contribution < 1.29 is 37.0 Å². The molecule has 1 unspecified atom stereocenters. The van der Waals surface area contributed by atoms with Gasteiger partial charge in [0.15, 0.2) is 5.58 Å². The smallest absolute Gasteiger partial charge is 0.387 e. The minimum absolute atomic E-state index is 0.0907. The lowest BCUT2D eigenvalue weighted by molar-refractivity contribution is -0.147. The van der Waals surface area contributed by atoms with Crippen LogP contribution >= 0.6 is 0 Å². The van der Waals surface area contributed by atoms with Gasteiger partial charge in [-0.2, -0.15) is 8.78 Å². The van der Waals surface area contributed by atoms with E-state index in [0.717, 1.165) is 64.0 Å². The molecule has 0 bridgehead atoms. The molecule has 0 saturated carbocycles. The predicted molar refractivity (Wildman–Crippen MR) is 194 cm³/mol. The molecule has 5 aromatic rings. The molecule has 0 spiro atoms. The van der Waals surface area contributed by atoms with Crippen molar-refractivity contribution in [1.82, 2.24) is 25.9 Å². The van der Waals surface area contributed by atoms with Gasteiger partial charge in [0.05, 0.1) is 12.8 Å². The van der Waals surface area contributed by atoms with Crippen molar-refractivity contribution in [2.75, 3.05) is 20.2 Å². The second kappa shape index (κ2) is 15.7. The molecule has 2 aliphatic rings. The highest BCUT2D eigenvalue weighted by Gasteiger charge is 2.25. The van der Waals surface area contributed by atoms with Gasteiger partial charge in [-0.25, -0.2) is 9.97 Å². The highest BCUT2D eigenvalue weighted by molar-refractivity contribution is 5.84. The van der Waals surface area contributed by atoms with Crippen molar-refractivity contribution >= 4 is 23.0 Å². The number of fused-ring (bicyclic) bond motifs is 1. The summed E-state index contributed by atoms with van der Waals surface area (Å²) in [5.41, 5.74) is 8.18. The number of esters is 1. The number of benzene rings is 3. The Morgan fingerprint density at radius 1 is 0.981 bits per heavy atom. The van der Waals surface area contributed by atoms with Gasteiger partial charge in [-0.15, -0.1) is 0 Å². The van der Waals surface area contributed by atoms with Crippen LogP contribution in [0.4, 0.5) is 8.78 Å². The molecule has 2 aliphatic heterocycles. The van der Waals surface area contributed by atoms with E-state index in [2.05, 4.69) is 28.9 Å². The summed E-state index contributed by atoms with van der Waals surface area (Å²) in [6, 6.07) is 18.5. The first kappa shape index (κ1) is 36.0. The van der Waals surface area contributed by atoms with Gasteiger partial charge in [-0.3, -0.25) is 9.59 Å². The number of carbonyl (C=O) groups excluding carboxylic acids is 2. The first-order chi connectivity index (χ1) is 25.7. The van der Waals surface area contributed by atoms with E-state index in [0.29, 0.717) is 43.2 Å². The van der Waals surface area contributed by atoms with Crippen LogP contribution in [0, 0.1) is 13.8 Å². The topological polar surface area (TPSA) is 137 Å². The third kappa shape index (κ3) is 7.86. The average Bonchev–Trinajstić information content (AvgIpc) is 3.93. The molecule has 11 nitrogen and oxygen atoms in total. The number of nitrogens with one attached hydrogen (secondary N) is 3. The van der Waals surface area contributed by atoms with Gasteiger partial charge in [0.1, 0.15) is 23.9 Å². The third-order valence-corrected chi connectivity index (χ3v) is 9.89. The minimum Gasteiger partial charge on any atom is -0.481 e. The van der Waals surface area contributed by atoms with E-state index >= 15 is 0 Å². The first-order valence-electron chi connectivity index (χ1n) is 17.7. The fourth-order valence-corrected chi connectivity index (χ4v) is 7.07. The molecule has 7 rings (SSSR count). The Labute approximate surface area is 305 Å². The lowest BCUT2D eigenvalue weighted by atomic mass is 9.90. The molecule has 4 heterocycles. The summed E-state index contributed by atoms with van der Waals surface area (Å²) in [5.74, 6) is 0.345. The Balaban J connectivity index is 1.14. The van der Waals surface area contributed by atoms with Crippen molar-refractivity contribution in [1.29, 1.82) is 0 Å². The number of alkyl halides is 2. The maximum atomic E-state index is 13.4. The van der Waals surface area contributed by atoms with Crippen LogP contribution in [0.5, 0.6) is 11.6 Å². The second-order valence-corrected chi connectivity index (χ2v) is 13.3. The fraction of sp³-hybridized carbons (Fsp3) is 0.350. The van der Waals surface area contributed by atoms with Crippen molar-refractivity contribution in [3.63, 3.8) is 0 Å². The van der Waals surface area contributed by atoms with Crippen LogP contribution in [0.15, 0.2) is 65.1 Å². The quantitative estimate of drug-likeness (QED) is 0.114. The minimum atomic E-state index is -3.08. The lowest BCUT2D eigenvalue weighted by Crippen LogP contribution is -2.35. The second-order valence-electron chi connectivity index (χ2n) is 13.3. The lowest BCUT2D eigenvalue weighted by Gasteiger charge is -2.16. The molecule has 3 N–H and O–H groups in total. The van der Waals surface area contributed by atoms with Gasteiger partial charge >= 0.3 is 12.6 Å². The molecule has 0 radical (unpaired) electrons. The Bertz CT molecular complexity index is 2150. The van der Waals surface area contributed by atoms with Crippen LogP contribution in [0.3, 0.4) is 0 Å². The van der Waals surface area contributed by atoms with Gasteiger partial charge in [0, 0.05) is 53.9 Å². The van der Waals surface area contributed by atoms with E-state index in [4.69, 9.17) is 28.6 Å². The molecule has 2 aromatic heterocycles. The van der Waals surface area contributed by atoms with E-state index in [1.807, 2.05) is 49.4 Å². The zero-order valence-electron chi connectivity index (χ0n) is 29.8. The molecule has 2 saturated heterocycles. The molecule has 53 heavy (non-hydrogen) atoms. The number of pyridine rings is 1. The van der Waals surface area contributed by atoms with Gasteiger partial charge < -0.3 is 34.6 Å². The summed E-state index contributed by atoms with van der Waals surface area (Å²) in [6.07, 6.45) is 2.91. The van der Waals surface area contributed by atoms with Crippen molar-refractivity contribution in [3.8, 4) is 45.5 Å². The van der Waals surface area contributed by atoms with Gasteiger partial charge in [0.2, 0.25) is 17.7 Å². The molecular formula is C40H41F2N5O6. The maximum Gasteiger partial charge on any atom is 0.387 e. The number of rotatable bonds is 13. The predicted octanol–water partition coefficient (Wildman–Crippen LogP) is 6.61. The summed E-state index contributed by atoms with van der Waals surface area (Å²) in [6.45, 7) is 2.66. The van der Waals surface area contributed by atoms with Crippen LogP contribution < -0.4 is 25.4 Å². The van der Waals surface area contributed by atoms with Crippen LogP contribution in [0.25, 0.3) is 44.9 Å². The van der Waals surface area contributed by atoms with Crippen LogP contribution in [0.2, 0.25) is 0 Å². The molecule has 13 heteroatoms. The third-order valence-electron chi connectivity index (χ3n) is 9.89. The van der Waals surface area contributed by atoms with E-state index in [9.17, 15) is 18.4 Å². The molecule has 3 aromatic carbocycles. The summed E-state index contributed by atoms with van der Waals surface area (Å²) >= 11 is 0. The molecule has 0 aliphatic carbocycles. The van der Waals surface area contributed by atoms with E-state index in [-0.39, 0.29) is 35.5 Å². The normalized spacial score (nSPS) is 17.1. The number of hydrogen-bond donors (Lipinski definition) is 3. The Hall–Kier alpha value is -5.40. The van der Waals surface area contributed by atoms with Gasteiger partial charge in [-0.1, -0.05) is 36.4 Å². The number of halogens is 2. The molecule has 2 atom stereocenters. The number of carbonyl (C=O) groups is 2. The fourth-order valence-electron chi connectivity index (χ4n) is 7.07. The first-order valence-corrected chi connectivity index (χ1v) is 17.7. The molecule has 1 amide bonds. The van der Waals surface area contributed by atoms with Crippen molar-refractivity contribution in [2.24, 2.45) is 0 Å². The number of ether oxygens (including phenoxy) is 3. The highest BCUT2D eigenvalue weighted by atomic mass is 19.3. The molecule has 276 valence electrons. The molecule has 2 fully saturated rings. The van der Waals surface area contributed by atoms with Crippen LogP contribution in [-0.2, 0) is 27.5 Å². The van der Waals surface area contributed by atoms with Crippen LogP contribution in [0.1, 0.15) is 47.9 Å². The number of aromatic nitrogens is 2. The summed E-state index contributed by atoms with van der Waals surface area (Å²) < 4.78 is 48.8. The Morgan fingerprint density at radius 2 is 1.74 bits per heavy atom. The zero-order chi connectivity index (χ0) is 37.1. The average molecular weight is 726 g/mol. The Morgan fingerprint density at radius 3 is 2.43 bits per heavy atom. The van der Waals surface area contributed by atoms with E-state index < -0.39 is 18.6 Å². The van der Waals surface area contributed by atoms with E-state index in [1.165, 1.54) is 6.07 Å². The number of oxazole rings is 1.